The Morgan fingerprint density at radius 2 is 1.02 bits per heavy atom. The lowest BCUT2D eigenvalue weighted by atomic mass is 10.0. The number of furan rings is 1. The first-order valence-corrected chi connectivity index (χ1v) is 15.9. The summed E-state index contributed by atoms with van der Waals surface area (Å²) in [6.07, 6.45) is 0. The van der Waals surface area contributed by atoms with E-state index in [9.17, 15) is 1.37 Å². The lowest BCUT2D eigenvalue weighted by Gasteiger charge is -2.12. The number of nitrogens with zero attached hydrogens (tertiary/aromatic N) is 4. The lowest BCUT2D eigenvalue weighted by Crippen LogP contribution is -2.00. The first-order valence-electron chi connectivity index (χ1n) is 20.9. The van der Waals surface area contributed by atoms with Crippen molar-refractivity contribution in [2.45, 2.75) is 0 Å². The van der Waals surface area contributed by atoms with Crippen LogP contribution in [0.1, 0.15) is 13.7 Å². The largest absolute Gasteiger partial charge is 0.454 e. The molecule has 0 atom stereocenters. The van der Waals surface area contributed by atoms with Crippen LogP contribution in [0.5, 0.6) is 0 Å². The van der Waals surface area contributed by atoms with Crippen LogP contribution in [0.25, 0.3) is 94.7 Å². The van der Waals surface area contributed by atoms with Gasteiger partial charge in [0.1, 0.15) is 5.58 Å². The molecule has 5 heteroatoms. The quantitative estimate of drug-likeness (QED) is 0.186. The van der Waals surface area contributed by atoms with Crippen LogP contribution in [-0.2, 0) is 0 Å². The van der Waals surface area contributed by atoms with E-state index in [0.29, 0.717) is 28.7 Å². The molecule has 0 radical (unpaired) electrons. The lowest BCUT2D eigenvalue weighted by molar-refractivity contribution is 0.671. The topological polar surface area (TPSA) is 56.7 Å². The van der Waals surface area contributed by atoms with Gasteiger partial charge in [0.2, 0.25) is 0 Å². The normalized spacial score (nSPS) is 14.4. The van der Waals surface area contributed by atoms with Crippen LogP contribution in [0.3, 0.4) is 0 Å². The molecule has 50 heavy (non-hydrogen) atoms. The molecule has 0 unspecified atom stereocenters. The molecule has 0 saturated heterocycles. The maximum atomic E-state index is 9.27. The van der Waals surface area contributed by atoms with Gasteiger partial charge in [0.15, 0.2) is 23.1 Å². The fourth-order valence-electron chi connectivity index (χ4n) is 6.42. The molecule has 0 aliphatic rings. The summed E-state index contributed by atoms with van der Waals surface area (Å²) in [5, 5.41) is -0.0705. The molecule has 10 rings (SSSR count). The van der Waals surface area contributed by atoms with Crippen LogP contribution < -0.4 is 0 Å². The van der Waals surface area contributed by atoms with Gasteiger partial charge in [-0.15, -0.1) is 0 Å². The first-order chi connectivity index (χ1) is 28.9. The Balaban J connectivity index is 1.23. The molecule has 0 bridgehead atoms. The van der Waals surface area contributed by atoms with Crippen molar-refractivity contribution in [2.24, 2.45) is 0 Å². The Hall–Kier alpha value is -6.85. The second kappa shape index (κ2) is 11.4. The van der Waals surface area contributed by atoms with Crippen molar-refractivity contribution in [3.8, 4) is 51.0 Å². The number of para-hydroxylation sites is 2. The van der Waals surface area contributed by atoms with Gasteiger partial charge in [-0.3, -0.25) is 0 Å². The fourth-order valence-corrected chi connectivity index (χ4v) is 6.42. The van der Waals surface area contributed by atoms with Gasteiger partial charge in [-0.05, 0) is 47.5 Å². The van der Waals surface area contributed by atoms with Crippen molar-refractivity contribution >= 4 is 43.7 Å². The Labute approximate surface area is 301 Å². The molecule has 7 aromatic carbocycles. The minimum absolute atomic E-state index is 0.00193. The summed E-state index contributed by atoms with van der Waals surface area (Å²) in [5.74, 6) is 1.48. The van der Waals surface area contributed by atoms with Crippen LogP contribution in [-0.4, -0.2) is 19.5 Å². The maximum Gasteiger partial charge on any atom is 0.164 e. The highest BCUT2D eigenvalue weighted by Gasteiger charge is 2.19. The smallest absolute Gasteiger partial charge is 0.164 e. The average Bonchev–Trinajstić information content (AvgIpc) is 3.87. The Kier molecular flexibility index (Phi) is 4.52. The highest BCUT2D eigenvalue weighted by molar-refractivity contribution is 6.21. The monoisotopic (exact) mass is 650 g/mol. The third-order valence-corrected chi connectivity index (χ3v) is 8.72. The molecular weight excluding hydrogens is 613 g/mol. The van der Waals surface area contributed by atoms with Gasteiger partial charge in [-0.2, -0.15) is 0 Å². The third kappa shape index (κ3) is 4.60. The summed E-state index contributed by atoms with van der Waals surface area (Å²) in [6, 6.07) is 29.7. The Bertz CT molecular complexity index is 3390. The molecule has 0 aliphatic heterocycles. The van der Waals surface area contributed by atoms with E-state index in [-0.39, 0.29) is 55.8 Å². The molecular formula is C45H28N4O. The van der Waals surface area contributed by atoms with Crippen molar-refractivity contribution in [3.05, 3.63) is 170 Å². The van der Waals surface area contributed by atoms with E-state index in [1.807, 2.05) is 97.1 Å². The Morgan fingerprint density at radius 1 is 0.460 bits per heavy atom. The summed E-state index contributed by atoms with van der Waals surface area (Å²) >= 11 is 0. The van der Waals surface area contributed by atoms with Crippen molar-refractivity contribution in [3.63, 3.8) is 0 Å². The van der Waals surface area contributed by atoms with Gasteiger partial charge >= 0.3 is 0 Å². The van der Waals surface area contributed by atoms with E-state index in [1.54, 1.807) is 16.7 Å². The van der Waals surface area contributed by atoms with Gasteiger partial charge < -0.3 is 8.98 Å². The summed E-state index contributed by atoms with van der Waals surface area (Å²) in [5.41, 5.74) is 4.20. The molecule has 234 valence electrons. The van der Waals surface area contributed by atoms with Crippen LogP contribution in [0.4, 0.5) is 0 Å². The maximum absolute atomic E-state index is 9.27. The summed E-state index contributed by atoms with van der Waals surface area (Å²) in [4.78, 5) is 14.6. The molecule has 10 aromatic rings. The van der Waals surface area contributed by atoms with E-state index in [2.05, 4.69) is 0 Å². The van der Waals surface area contributed by atoms with Gasteiger partial charge in [-0.1, -0.05) is 133 Å². The Morgan fingerprint density at radius 3 is 1.76 bits per heavy atom. The van der Waals surface area contributed by atoms with E-state index in [1.165, 1.54) is 0 Å². The van der Waals surface area contributed by atoms with Crippen LogP contribution in [0.2, 0.25) is 0 Å². The number of aromatic nitrogens is 4. The van der Waals surface area contributed by atoms with E-state index < -0.39 is 48.3 Å². The molecule has 0 amide bonds. The molecule has 0 fully saturated rings. The molecule has 3 heterocycles. The summed E-state index contributed by atoms with van der Waals surface area (Å²) < 4.78 is 95.6. The standard InChI is InChI=1S/C45H28N4O/c1-3-13-29(14-4-1)43-46-44(30-15-5-2-6-16-30)48-45(47-43)33-19-11-17-31(27-33)32-18-12-20-34(28-32)49-39-23-9-7-21-35(39)37-25-26-38-36-22-8-10-24-40(36)50-42(38)41(37)49/h1-28H/i7D,8D,9D,10D,21D,22D,23D,24D,25D,26D. The fraction of sp³-hybridized carbons (Fsp3) is 0. The molecule has 5 nitrogen and oxygen atoms in total. The highest BCUT2D eigenvalue weighted by Crippen LogP contribution is 2.40. The minimum Gasteiger partial charge on any atom is -0.454 e. The molecule has 0 aliphatic carbocycles. The third-order valence-electron chi connectivity index (χ3n) is 8.72. The molecule has 0 saturated carbocycles. The first kappa shape index (κ1) is 19.8. The zero-order valence-electron chi connectivity index (χ0n) is 36.1. The SMILES string of the molecule is [2H]c1c([2H])c([2H])c2c(oc3c2c([2H])c([2H])c2c4c([2H])c([2H])c([2H])c([2H])c4n(-c4cccc(-c5cccc(-c6nc(-c7ccccc7)nc(-c7ccccc7)n6)c5)c4)c32)c1[2H]. The number of hydrogen-bond donors (Lipinski definition) is 0. The van der Waals surface area contributed by atoms with Crippen molar-refractivity contribution in [1.29, 1.82) is 0 Å². The summed E-state index contributed by atoms with van der Waals surface area (Å²) in [7, 11) is 0. The van der Waals surface area contributed by atoms with Crippen LogP contribution >= 0.6 is 0 Å². The minimum atomic E-state index is -0.528. The van der Waals surface area contributed by atoms with Gasteiger partial charge in [0.25, 0.3) is 0 Å². The number of rotatable bonds is 5. The van der Waals surface area contributed by atoms with Crippen molar-refractivity contribution < 1.29 is 18.1 Å². The van der Waals surface area contributed by atoms with E-state index in [0.717, 1.165) is 22.3 Å². The average molecular weight is 651 g/mol. The zero-order valence-corrected chi connectivity index (χ0v) is 26.1. The van der Waals surface area contributed by atoms with Gasteiger partial charge in [-0.25, -0.2) is 15.0 Å². The predicted octanol–water partition coefficient (Wildman–Crippen LogP) is 11.5. The van der Waals surface area contributed by atoms with Gasteiger partial charge in [0, 0.05) is 43.9 Å². The van der Waals surface area contributed by atoms with Crippen LogP contribution in [0.15, 0.2) is 174 Å². The molecule has 0 spiro atoms. The van der Waals surface area contributed by atoms with Gasteiger partial charge in [0.05, 0.1) is 24.7 Å². The highest BCUT2D eigenvalue weighted by atomic mass is 16.3. The molecule has 0 N–H and O–H groups in total. The van der Waals surface area contributed by atoms with Crippen LogP contribution in [0, 0.1) is 0 Å². The van der Waals surface area contributed by atoms with E-state index in [4.69, 9.17) is 31.7 Å². The summed E-state index contributed by atoms with van der Waals surface area (Å²) in [6.45, 7) is 0. The number of benzene rings is 7. The molecule has 3 aromatic heterocycles. The van der Waals surface area contributed by atoms with Crippen molar-refractivity contribution in [1.82, 2.24) is 19.5 Å². The van der Waals surface area contributed by atoms with E-state index >= 15 is 0 Å². The second-order valence-electron chi connectivity index (χ2n) is 11.7. The number of hydrogen-bond acceptors (Lipinski definition) is 4. The number of fused-ring (bicyclic) bond motifs is 7. The predicted molar refractivity (Wildman–Crippen MR) is 203 cm³/mol. The van der Waals surface area contributed by atoms with Crippen molar-refractivity contribution in [2.75, 3.05) is 0 Å². The zero-order chi connectivity index (χ0) is 41.7. The second-order valence-corrected chi connectivity index (χ2v) is 11.7.